The zero-order valence-electron chi connectivity index (χ0n) is 6.88. The second-order valence-corrected chi connectivity index (χ2v) is 3.28. The Labute approximate surface area is 67.2 Å². The van der Waals surface area contributed by atoms with Gasteiger partial charge in [0.1, 0.15) is 0 Å². The van der Waals surface area contributed by atoms with Crippen LogP contribution < -0.4 is 0 Å². The molecule has 3 nitrogen and oxygen atoms in total. The second kappa shape index (κ2) is 3.21. The Bertz CT molecular complexity index is 167. The van der Waals surface area contributed by atoms with Crippen molar-refractivity contribution >= 4 is 0 Å². The van der Waals surface area contributed by atoms with Gasteiger partial charge in [0, 0.05) is 13.1 Å². The Morgan fingerprint density at radius 2 is 2.27 bits per heavy atom. The maximum absolute atomic E-state index is 9.66. The Kier molecular flexibility index (Phi) is 2.48. The number of β-amino-alcohol motifs (C(OH)–C–C–N with tert-alkyl or cyclic N) is 1. The fourth-order valence-corrected chi connectivity index (χ4v) is 1.62. The van der Waals surface area contributed by atoms with E-state index in [1.165, 1.54) is 0 Å². The van der Waals surface area contributed by atoms with Crippen molar-refractivity contribution in [3.05, 3.63) is 0 Å². The number of hydrogen-bond acceptors (Lipinski definition) is 3. The van der Waals surface area contributed by atoms with Gasteiger partial charge in [0.25, 0.3) is 0 Å². The first-order chi connectivity index (χ1) is 5.20. The maximum Gasteiger partial charge on any atom is 0.0900 e. The molecule has 62 valence electrons. The molecule has 1 aliphatic rings. The molecule has 1 saturated heterocycles. The van der Waals surface area contributed by atoms with E-state index in [0.29, 0.717) is 19.6 Å². The van der Waals surface area contributed by atoms with Crippen molar-refractivity contribution in [3.63, 3.8) is 0 Å². The van der Waals surface area contributed by atoms with Gasteiger partial charge in [0.05, 0.1) is 18.2 Å². The number of likely N-dealkylation sites (tertiary alicyclic amines) is 1. The normalized spacial score (nSPS) is 22.3. The molecule has 0 amide bonds. The lowest BCUT2D eigenvalue weighted by atomic mass is 9.89. The van der Waals surface area contributed by atoms with Crippen LogP contribution in [-0.2, 0) is 0 Å². The first-order valence-electron chi connectivity index (χ1n) is 4.02. The van der Waals surface area contributed by atoms with E-state index in [4.69, 9.17) is 5.26 Å². The third-order valence-corrected chi connectivity index (χ3v) is 2.05. The number of nitrogens with zero attached hydrogens (tertiary/aromatic N) is 2. The zero-order valence-corrected chi connectivity index (χ0v) is 6.88. The summed E-state index contributed by atoms with van der Waals surface area (Å²) in [5.74, 6) is 0. The van der Waals surface area contributed by atoms with Crippen LogP contribution in [0.15, 0.2) is 0 Å². The largest absolute Gasteiger partial charge is 0.387 e. The van der Waals surface area contributed by atoms with Gasteiger partial charge in [-0.15, -0.1) is 0 Å². The van der Waals surface area contributed by atoms with Crippen molar-refractivity contribution in [1.82, 2.24) is 4.90 Å². The molecule has 0 spiro atoms. The summed E-state index contributed by atoms with van der Waals surface area (Å²) in [7, 11) is 0. The Morgan fingerprint density at radius 1 is 1.64 bits per heavy atom. The van der Waals surface area contributed by atoms with E-state index in [-0.39, 0.29) is 0 Å². The van der Waals surface area contributed by atoms with Crippen molar-refractivity contribution in [3.8, 4) is 6.07 Å². The summed E-state index contributed by atoms with van der Waals surface area (Å²) in [5, 5.41) is 18.0. The van der Waals surface area contributed by atoms with E-state index in [2.05, 4.69) is 13.0 Å². The summed E-state index contributed by atoms with van der Waals surface area (Å²) in [6.07, 6.45) is 1.87. The van der Waals surface area contributed by atoms with Crippen LogP contribution in [0.5, 0.6) is 0 Å². The highest BCUT2D eigenvalue weighted by atomic mass is 16.3. The number of rotatable bonds is 3. The van der Waals surface area contributed by atoms with Gasteiger partial charge in [-0.3, -0.25) is 4.90 Å². The van der Waals surface area contributed by atoms with Gasteiger partial charge < -0.3 is 5.11 Å². The highest BCUT2D eigenvalue weighted by molar-refractivity contribution is 4.97. The molecular formula is C8H14N2O. The van der Waals surface area contributed by atoms with E-state index in [1.807, 2.05) is 4.90 Å². The molecule has 0 unspecified atom stereocenters. The summed E-state index contributed by atoms with van der Waals surface area (Å²) in [5.41, 5.74) is -0.481. The van der Waals surface area contributed by atoms with Gasteiger partial charge in [-0.1, -0.05) is 13.3 Å². The predicted molar refractivity (Wildman–Crippen MR) is 41.9 cm³/mol. The monoisotopic (exact) mass is 154 g/mol. The molecule has 1 fully saturated rings. The van der Waals surface area contributed by atoms with E-state index in [9.17, 15) is 5.11 Å². The molecule has 1 rings (SSSR count). The van der Waals surface area contributed by atoms with Crippen molar-refractivity contribution in [1.29, 1.82) is 5.26 Å². The molecule has 1 N–H and O–H groups in total. The van der Waals surface area contributed by atoms with Crippen LogP contribution in [0, 0.1) is 11.3 Å². The van der Waals surface area contributed by atoms with Gasteiger partial charge in [-0.25, -0.2) is 0 Å². The molecule has 11 heavy (non-hydrogen) atoms. The standard InChI is InChI=1S/C8H14N2O/c1-2-3-8(11)6-10(7-8)5-4-9/h11H,2-3,5-7H2,1H3. The van der Waals surface area contributed by atoms with Crippen LogP contribution in [0.3, 0.4) is 0 Å². The summed E-state index contributed by atoms with van der Waals surface area (Å²) in [4.78, 5) is 1.95. The molecular weight excluding hydrogens is 140 g/mol. The fraction of sp³-hybridized carbons (Fsp3) is 0.875. The SMILES string of the molecule is CCCC1(O)CN(CC#N)C1. The minimum absolute atomic E-state index is 0.450. The Balaban J connectivity index is 2.22. The number of aliphatic hydroxyl groups is 1. The van der Waals surface area contributed by atoms with Crippen LogP contribution >= 0.6 is 0 Å². The molecule has 1 aliphatic heterocycles. The van der Waals surface area contributed by atoms with E-state index in [1.54, 1.807) is 0 Å². The van der Waals surface area contributed by atoms with Crippen molar-refractivity contribution in [2.45, 2.75) is 25.4 Å². The third-order valence-electron chi connectivity index (χ3n) is 2.05. The first kappa shape index (κ1) is 8.51. The molecule has 0 aromatic rings. The van der Waals surface area contributed by atoms with Crippen molar-refractivity contribution < 1.29 is 5.11 Å². The summed E-state index contributed by atoms with van der Waals surface area (Å²) >= 11 is 0. The second-order valence-electron chi connectivity index (χ2n) is 3.28. The molecule has 0 aromatic heterocycles. The molecule has 0 aromatic carbocycles. The highest BCUT2D eigenvalue weighted by Crippen LogP contribution is 2.24. The van der Waals surface area contributed by atoms with Gasteiger partial charge in [-0.05, 0) is 6.42 Å². The topological polar surface area (TPSA) is 47.3 Å². The van der Waals surface area contributed by atoms with E-state index in [0.717, 1.165) is 12.8 Å². The highest BCUT2D eigenvalue weighted by Gasteiger charge is 2.39. The summed E-state index contributed by atoms with van der Waals surface area (Å²) in [6, 6.07) is 2.06. The zero-order chi connectivity index (χ0) is 8.32. The summed E-state index contributed by atoms with van der Waals surface area (Å²) < 4.78 is 0. The summed E-state index contributed by atoms with van der Waals surface area (Å²) in [6.45, 7) is 3.86. The minimum atomic E-state index is -0.481. The average Bonchev–Trinajstić information content (AvgIpc) is 1.85. The molecule has 1 heterocycles. The molecule has 3 heteroatoms. The minimum Gasteiger partial charge on any atom is -0.387 e. The van der Waals surface area contributed by atoms with Gasteiger partial charge >= 0.3 is 0 Å². The first-order valence-corrected chi connectivity index (χ1v) is 4.02. The average molecular weight is 154 g/mol. The third kappa shape index (κ3) is 1.92. The van der Waals surface area contributed by atoms with Crippen LogP contribution in [0.2, 0.25) is 0 Å². The molecule has 0 bridgehead atoms. The Hall–Kier alpha value is -0.590. The van der Waals surface area contributed by atoms with Crippen LogP contribution in [0.4, 0.5) is 0 Å². The molecule has 0 atom stereocenters. The Morgan fingerprint density at radius 3 is 2.73 bits per heavy atom. The lowest BCUT2D eigenvalue weighted by Gasteiger charge is -2.45. The van der Waals surface area contributed by atoms with Gasteiger partial charge in [0.15, 0.2) is 0 Å². The number of hydrogen-bond donors (Lipinski definition) is 1. The smallest absolute Gasteiger partial charge is 0.0900 e. The molecule has 0 aliphatic carbocycles. The van der Waals surface area contributed by atoms with Gasteiger partial charge in [-0.2, -0.15) is 5.26 Å². The van der Waals surface area contributed by atoms with Crippen LogP contribution in [-0.4, -0.2) is 35.2 Å². The predicted octanol–water partition coefficient (Wildman–Crippen LogP) is 0.357. The number of nitriles is 1. The van der Waals surface area contributed by atoms with Gasteiger partial charge in [0.2, 0.25) is 0 Å². The molecule has 0 radical (unpaired) electrons. The van der Waals surface area contributed by atoms with Crippen molar-refractivity contribution in [2.75, 3.05) is 19.6 Å². The lowest BCUT2D eigenvalue weighted by Crippen LogP contribution is -2.61. The van der Waals surface area contributed by atoms with Crippen molar-refractivity contribution in [2.24, 2.45) is 0 Å². The van der Waals surface area contributed by atoms with E-state index < -0.39 is 5.60 Å². The fourth-order valence-electron chi connectivity index (χ4n) is 1.62. The molecule has 0 saturated carbocycles. The lowest BCUT2D eigenvalue weighted by molar-refractivity contribution is -0.0971. The van der Waals surface area contributed by atoms with Crippen LogP contribution in [0.25, 0.3) is 0 Å². The maximum atomic E-state index is 9.66. The van der Waals surface area contributed by atoms with Crippen LogP contribution in [0.1, 0.15) is 19.8 Å². The van der Waals surface area contributed by atoms with E-state index >= 15 is 0 Å². The quantitative estimate of drug-likeness (QED) is 0.597.